The molecule has 1 unspecified atom stereocenters. The molecule has 0 radical (unpaired) electrons. The minimum atomic E-state index is 0.963. The van der Waals surface area contributed by atoms with Crippen molar-refractivity contribution in [2.24, 2.45) is 23.7 Å². The average Bonchev–Trinajstić information content (AvgIpc) is 2.54. The van der Waals surface area contributed by atoms with Gasteiger partial charge in [0.25, 0.3) is 0 Å². The van der Waals surface area contributed by atoms with Crippen LogP contribution in [0.1, 0.15) is 12.8 Å². The molecule has 0 aromatic carbocycles. The first kappa shape index (κ1) is 5.08. The van der Waals surface area contributed by atoms with Gasteiger partial charge in [-0.3, -0.25) is 0 Å². The van der Waals surface area contributed by atoms with Crippen molar-refractivity contribution in [2.75, 3.05) is 11.5 Å². The fourth-order valence-corrected chi connectivity index (χ4v) is 8.20. The summed E-state index contributed by atoms with van der Waals surface area (Å²) < 4.78 is 0. The van der Waals surface area contributed by atoms with Crippen molar-refractivity contribution in [3.05, 3.63) is 0 Å². The zero-order valence-electron chi connectivity index (χ0n) is 6.12. The summed E-state index contributed by atoms with van der Waals surface area (Å²) in [4.78, 5) is 0. The third kappa shape index (κ3) is 0.341. The lowest BCUT2D eigenvalue weighted by Gasteiger charge is -2.27. The van der Waals surface area contributed by atoms with Gasteiger partial charge in [0.1, 0.15) is 16.8 Å². The molecule has 4 aliphatic rings. The SMILES string of the molecule is C1[C@H]2C[C@H]3[C@@H]1[C@H]1C[S+]3C[C@H]21. The quantitative estimate of drug-likeness (QED) is 0.460. The standard InChI is InChI=1S/C9H13S/c1-5-2-9-6(1)8-4-10(9)3-7(5)8/h5-9H,1-4H2/q+1/t5-,6-,7+,8+,9-,10?/m0/s1. The summed E-state index contributed by atoms with van der Waals surface area (Å²) in [6.07, 6.45) is 3.32. The number of hydrogen-bond donors (Lipinski definition) is 0. The van der Waals surface area contributed by atoms with Crippen LogP contribution in [-0.2, 0) is 10.9 Å². The summed E-state index contributed by atoms with van der Waals surface area (Å²) in [5.74, 6) is 8.34. The second-order valence-corrected chi connectivity index (χ2v) is 6.98. The van der Waals surface area contributed by atoms with Crippen molar-refractivity contribution < 1.29 is 0 Å². The van der Waals surface area contributed by atoms with Crippen molar-refractivity contribution in [3.8, 4) is 0 Å². The molecule has 54 valence electrons. The Morgan fingerprint density at radius 2 is 1.80 bits per heavy atom. The fourth-order valence-electron chi connectivity index (χ4n) is 4.24. The summed E-state index contributed by atoms with van der Waals surface area (Å²) in [6.45, 7) is 0. The minimum Gasteiger partial charge on any atom is -0.0417 e. The summed E-state index contributed by atoms with van der Waals surface area (Å²) >= 11 is 0. The van der Waals surface area contributed by atoms with Crippen molar-refractivity contribution in [3.63, 3.8) is 0 Å². The first-order valence-electron chi connectivity index (χ1n) is 4.60. The summed E-state index contributed by atoms with van der Waals surface area (Å²) in [5.41, 5.74) is 0. The maximum absolute atomic E-state index is 1.68. The van der Waals surface area contributed by atoms with Crippen LogP contribution in [-0.4, -0.2) is 16.8 Å². The van der Waals surface area contributed by atoms with E-state index in [0.717, 1.165) is 10.9 Å². The fraction of sp³-hybridized carbons (Fsp3) is 1.00. The van der Waals surface area contributed by atoms with Gasteiger partial charge in [-0.05, 0) is 29.7 Å². The predicted molar refractivity (Wildman–Crippen MR) is 44.1 cm³/mol. The number of hydrogen-bond acceptors (Lipinski definition) is 0. The molecule has 0 aromatic heterocycles. The van der Waals surface area contributed by atoms with Gasteiger partial charge in [0.15, 0.2) is 0 Å². The highest BCUT2D eigenvalue weighted by molar-refractivity contribution is 7.98. The van der Waals surface area contributed by atoms with Gasteiger partial charge in [0.2, 0.25) is 0 Å². The second-order valence-electron chi connectivity index (χ2n) is 4.63. The number of fused-ring (bicyclic) bond motifs is 4. The van der Waals surface area contributed by atoms with Crippen LogP contribution in [0, 0.1) is 23.7 Å². The monoisotopic (exact) mass is 153 g/mol. The first-order valence-corrected chi connectivity index (χ1v) is 6.22. The predicted octanol–water partition coefficient (Wildman–Crippen LogP) is 1.27. The molecule has 0 N–H and O–H groups in total. The van der Waals surface area contributed by atoms with Crippen LogP contribution >= 0.6 is 0 Å². The molecule has 4 rings (SSSR count). The molecule has 4 bridgehead atoms. The lowest BCUT2D eigenvalue weighted by atomic mass is 9.81. The topological polar surface area (TPSA) is 0 Å². The van der Waals surface area contributed by atoms with E-state index in [9.17, 15) is 0 Å². The molecule has 0 aromatic rings. The Morgan fingerprint density at radius 3 is 2.50 bits per heavy atom. The zero-order chi connectivity index (χ0) is 6.29. The van der Waals surface area contributed by atoms with Crippen molar-refractivity contribution >= 4 is 10.9 Å². The van der Waals surface area contributed by atoms with E-state index in [-0.39, 0.29) is 0 Å². The van der Waals surface area contributed by atoms with Gasteiger partial charge in [-0.15, -0.1) is 0 Å². The van der Waals surface area contributed by atoms with Crippen LogP contribution in [0.5, 0.6) is 0 Å². The summed E-state index contributed by atoms with van der Waals surface area (Å²) in [6, 6.07) is 0. The molecular formula is C9H13S+. The molecule has 2 saturated carbocycles. The molecule has 2 heterocycles. The average molecular weight is 153 g/mol. The largest absolute Gasteiger partial charge is 0.121 e. The van der Waals surface area contributed by atoms with Gasteiger partial charge in [0, 0.05) is 17.8 Å². The molecule has 0 spiro atoms. The van der Waals surface area contributed by atoms with Crippen LogP contribution in [0.2, 0.25) is 0 Å². The lowest BCUT2D eigenvalue weighted by molar-refractivity contribution is 0.286. The Hall–Kier alpha value is 0.350. The Bertz CT molecular complexity index is 161. The molecule has 0 amide bonds. The molecule has 6 atom stereocenters. The molecule has 2 aliphatic carbocycles. The van der Waals surface area contributed by atoms with Gasteiger partial charge >= 0.3 is 0 Å². The van der Waals surface area contributed by atoms with Gasteiger partial charge < -0.3 is 0 Å². The Morgan fingerprint density at radius 1 is 0.900 bits per heavy atom. The highest BCUT2D eigenvalue weighted by Crippen LogP contribution is 2.65. The molecule has 1 heteroatoms. The van der Waals surface area contributed by atoms with Gasteiger partial charge in [-0.2, -0.15) is 0 Å². The molecule has 2 aliphatic heterocycles. The van der Waals surface area contributed by atoms with E-state index in [0.29, 0.717) is 0 Å². The van der Waals surface area contributed by atoms with E-state index in [1.165, 1.54) is 28.9 Å². The molecular weight excluding hydrogens is 140 g/mol. The van der Waals surface area contributed by atoms with Gasteiger partial charge in [-0.1, -0.05) is 0 Å². The van der Waals surface area contributed by atoms with E-state index < -0.39 is 0 Å². The minimum absolute atomic E-state index is 0.963. The maximum Gasteiger partial charge on any atom is 0.121 e. The van der Waals surface area contributed by atoms with Crippen LogP contribution < -0.4 is 0 Å². The third-order valence-electron chi connectivity index (χ3n) is 4.53. The Labute approximate surface area is 64.7 Å². The smallest absolute Gasteiger partial charge is 0.0417 e. The van der Waals surface area contributed by atoms with Crippen LogP contribution in [0.4, 0.5) is 0 Å². The van der Waals surface area contributed by atoms with E-state index in [4.69, 9.17) is 0 Å². The van der Waals surface area contributed by atoms with Gasteiger partial charge in [-0.25, -0.2) is 0 Å². The Balaban J connectivity index is 1.98. The van der Waals surface area contributed by atoms with Crippen molar-refractivity contribution in [2.45, 2.75) is 18.1 Å². The normalized spacial score (nSPS) is 74.4. The molecule has 10 heavy (non-hydrogen) atoms. The van der Waals surface area contributed by atoms with Gasteiger partial charge in [0.05, 0.1) is 0 Å². The maximum atomic E-state index is 1.68. The van der Waals surface area contributed by atoms with Crippen LogP contribution in [0.25, 0.3) is 0 Å². The van der Waals surface area contributed by atoms with Crippen LogP contribution in [0.15, 0.2) is 0 Å². The summed E-state index contributed by atoms with van der Waals surface area (Å²) in [7, 11) is 0.963. The molecule has 4 fully saturated rings. The Kier molecular flexibility index (Phi) is 0.663. The highest BCUT2D eigenvalue weighted by atomic mass is 32.2. The third-order valence-corrected chi connectivity index (χ3v) is 7.56. The highest BCUT2D eigenvalue weighted by Gasteiger charge is 2.71. The van der Waals surface area contributed by atoms with E-state index in [1.807, 2.05) is 0 Å². The molecule has 0 nitrogen and oxygen atoms in total. The van der Waals surface area contributed by atoms with Crippen molar-refractivity contribution in [1.29, 1.82) is 0 Å². The first-order chi connectivity index (χ1) is 4.93. The lowest BCUT2D eigenvalue weighted by Crippen LogP contribution is -2.35. The zero-order valence-corrected chi connectivity index (χ0v) is 6.94. The van der Waals surface area contributed by atoms with E-state index in [2.05, 4.69) is 0 Å². The summed E-state index contributed by atoms with van der Waals surface area (Å²) in [5, 5.41) is 1.26. The second kappa shape index (κ2) is 1.31. The van der Waals surface area contributed by atoms with E-state index >= 15 is 0 Å². The molecule has 2 saturated heterocycles. The van der Waals surface area contributed by atoms with Crippen molar-refractivity contribution in [1.82, 2.24) is 0 Å². The number of rotatable bonds is 0. The van der Waals surface area contributed by atoms with E-state index in [1.54, 1.807) is 24.3 Å². The van der Waals surface area contributed by atoms with Crippen LogP contribution in [0.3, 0.4) is 0 Å².